The Bertz CT molecular complexity index is 738. The normalized spacial score (nSPS) is 11.6. The number of nitrogens with zero attached hydrogens (tertiary/aromatic N) is 1. The Morgan fingerprint density at radius 2 is 1.96 bits per heavy atom. The van der Waals surface area contributed by atoms with E-state index in [-0.39, 0.29) is 17.1 Å². The second-order valence-electron chi connectivity index (χ2n) is 5.20. The predicted molar refractivity (Wildman–Crippen MR) is 92.9 cm³/mol. The van der Waals surface area contributed by atoms with Gasteiger partial charge in [-0.1, -0.05) is 13.0 Å². The molecule has 0 saturated carbocycles. The van der Waals surface area contributed by atoms with Gasteiger partial charge in [0.25, 0.3) is 11.8 Å². The Morgan fingerprint density at radius 3 is 2.60 bits per heavy atom. The van der Waals surface area contributed by atoms with Crippen molar-refractivity contribution in [1.82, 2.24) is 4.98 Å². The summed E-state index contributed by atoms with van der Waals surface area (Å²) in [4.78, 5) is 28.4. The number of nitrogens with one attached hydrogen (secondary N) is 2. The standard InChI is InChI=1S/C18H20FN3O3/c1-3-16(25-4-2)18(24)22-15-11-12(19)8-9-13(15)21-17(23)14-7-5-6-10-20-14/h5-11,16H,3-4H2,1-2H3,(H,21,23)(H,22,24). The van der Waals surface area contributed by atoms with Gasteiger partial charge in [0.15, 0.2) is 0 Å². The summed E-state index contributed by atoms with van der Waals surface area (Å²) in [6.07, 6.45) is 1.33. The number of benzene rings is 1. The lowest BCUT2D eigenvalue weighted by atomic mass is 10.2. The molecular formula is C18H20FN3O3. The maximum atomic E-state index is 13.6. The number of hydrogen-bond acceptors (Lipinski definition) is 4. The molecule has 0 aliphatic carbocycles. The fraction of sp³-hybridized carbons (Fsp3) is 0.278. The first-order chi connectivity index (χ1) is 12.0. The molecule has 2 N–H and O–H groups in total. The lowest BCUT2D eigenvalue weighted by molar-refractivity contribution is -0.127. The number of halogens is 1. The first-order valence-electron chi connectivity index (χ1n) is 7.99. The fourth-order valence-corrected chi connectivity index (χ4v) is 2.21. The van der Waals surface area contributed by atoms with Gasteiger partial charge in [0.05, 0.1) is 11.4 Å². The van der Waals surface area contributed by atoms with E-state index in [1.54, 1.807) is 25.1 Å². The first-order valence-corrected chi connectivity index (χ1v) is 7.99. The lowest BCUT2D eigenvalue weighted by Crippen LogP contribution is -2.30. The number of rotatable bonds is 7. The molecule has 0 spiro atoms. The molecule has 2 amide bonds. The van der Waals surface area contributed by atoms with Crippen LogP contribution >= 0.6 is 0 Å². The summed E-state index contributed by atoms with van der Waals surface area (Å²) < 4.78 is 18.9. The van der Waals surface area contributed by atoms with Crippen molar-refractivity contribution in [3.8, 4) is 0 Å². The van der Waals surface area contributed by atoms with Crippen LogP contribution in [0.15, 0.2) is 42.6 Å². The highest BCUT2D eigenvalue weighted by Gasteiger charge is 2.19. The van der Waals surface area contributed by atoms with Crippen molar-refractivity contribution in [2.24, 2.45) is 0 Å². The van der Waals surface area contributed by atoms with Gasteiger partial charge >= 0.3 is 0 Å². The van der Waals surface area contributed by atoms with Crippen molar-refractivity contribution in [2.45, 2.75) is 26.4 Å². The van der Waals surface area contributed by atoms with Gasteiger partial charge in [-0.2, -0.15) is 0 Å². The van der Waals surface area contributed by atoms with Crippen LogP contribution in [0.3, 0.4) is 0 Å². The first kappa shape index (κ1) is 18.5. The minimum absolute atomic E-state index is 0.160. The van der Waals surface area contributed by atoms with E-state index in [4.69, 9.17) is 4.74 Å². The molecule has 0 saturated heterocycles. The van der Waals surface area contributed by atoms with Crippen molar-refractivity contribution >= 4 is 23.2 Å². The highest BCUT2D eigenvalue weighted by molar-refractivity contribution is 6.06. The molecule has 1 aromatic heterocycles. The lowest BCUT2D eigenvalue weighted by Gasteiger charge is -2.17. The number of amides is 2. The topological polar surface area (TPSA) is 80.3 Å². The van der Waals surface area contributed by atoms with Crippen LogP contribution in [0.5, 0.6) is 0 Å². The van der Waals surface area contributed by atoms with Gasteiger partial charge in [0, 0.05) is 12.8 Å². The van der Waals surface area contributed by atoms with Crippen LogP contribution in [0.2, 0.25) is 0 Å². The molecule has 0 radical (unpaired) electrons. The molecule has 6 nitrogen and oxygen atoms in total. The number of anilines is 2. The van der Waals surface area contributed by atoms with E-state index in [0.717, 1.165) is 6.07 Å². The molecule has 132 valence electrons. The van der Waals surface area contributed by atoms with Crippen LogP contribution in [-0.2, 0) is 9.53 Å². The van der Waals surface area contributed by atoms with Gasteiger partial charge in [0.2, 0.25) is 0 Å². The van der Waals surface area contributed by atoms with Gasteiger partial charge in [-0.3, -0.25) is 14.6 Å². The molecule has 1 atom stereocenters. The molecule has 7 heteroatoms. The average Bonchev–Trinajstić information content (AvgIpc) is 2.62. The van der Waals surface area contributed by atoms with E-state index in [1.165, 1.54) is 18.3 Å². The molecule has 2 aromatic rings. The molecule has 0 aliphatic heterocycles. The summed E-state index contributed by atoms with van der Waals surface area (Å²) in [6, 6.07) is 8.66. The van der Waals surface area contributed by atoms with Crippen molar-refractivity contribution in [3.05, 3.63) is 54.1 Å². The maximum absolute atomic E-state index is 13.6. The zero-order chi connectivity index (χ0) is 18.2. The molecule has 0 aliphatic rings. The van der Waals surface area contributed by atoms with Crippen LogP contribution in [0.1, 0.15) is 30.8 Å². The average molecular weight is 345 g/mol. The van der Waals surface area contributed by atoms with Gasteiger partial charge in [0.1, 0.15) is 17.6 Å². The van der Waals surface area contributed by atoms with E-state index in [1.807, 2.05) is 6.92 Å². The Kier molecular flexibility index (Phi) is 6.59. The molecule has 1 aromatic carbocycles. The van der Waals surface area contributed by atoms with E-state index < -0.39 is 23.7 Å². The molecule has 0 bridgehead atoms. The summed E-state index contributed by atoms with van der Waals surface area (Å²) in [7, 11) is 0. The van der Waals surface area contributed by atoms with Gasteiger partial charge in [-0.25, -0.2) is 4.39 Å². The fourth-order valence-electron chi connectivity index (χ4n) is 2.21. The van der Waals surface area contributed by atoms with E-state index in [9.17, 15) is 14.0 Å². The minimum atomic E-state index is -0.646. The highest BCUT2D eigenvalue weighted by Crippen LogP contribution is 2.24. The number of ether oxygens (including phenoxy) is 1. The summed E-state index contributed by atoms with van der Waals surface area (Å²) >= 11 is 0. The number of carbonyl (C=O) groups excluding carboxylic acids is 2. The zero-order valence-electron chi connectivity index (χ0n) is 14.1. The monoisotopic (exact) mass is 345 g/mol. The third-order valence-electron chi connectivity index (χ3n) is 3.42. The van der Waals surface area contributed by atoms with Gasteiger partial charge < -0.3 is 15.4 Å². The summed E-state index contributed by atoms with van der Waals surface area (Å²) in [6.45, 7) is 3.99. The molecule has 25 heavy (non-hydrogen) atoms. The quantitative estimate of drug-likeness (QED) is 0.807. The molecule has 2 rings (SSSR count). The van der Waals surface area contributed by atoms with Crippen LogP contribution < -0.4 is 10.6 Å². The second kappa shape index (κ2) is 8.89. The Labute approximate surface area is 145 Å². The second-order valence-corrected chi connectivity index (χ2v) is 5.20. The zero-order valence-corrected chi connectivity index (χ0v) is 14.1. The summed E-state index contributed by atoms with van der Waals surface area (Å²) in [5, 5.41) is 5.23. The van der Waals surface area contributed by atoms with Gasteiger partial charge in [-0.15, -0.1) is 0 Å². The third kappa shape index (κ3) is 5.09. The molecular weight excluding hydrogens is 325 g/mol. The van der Waals surface area contributed by atoms with Crippen LogP contribution in [-0.4, -0.2) is 29.5 Å². The number of aromatic nitrogens is 1. The van der Waals surface area contributed by atoms with Crippen molar-refractivity contribution in [2.75, 3.05) is 17.2 Å². The van der Waals surface area contributed by atoms with Crippen molar-refractivity contribution in [3.63, 3.8) is 0 Å². The van der Waals surface area contributed by atoms with Gasteiger partial charge in [-0.05, 0) is 43.7 Å². The highest BCUT2D eigenvalue weighted by atomic mass is 19.1. The Balaban J connectivity index is 2.19. The number of pyridine rings is 1. The third-order valence-corrected chi connectivity index (χ3v) is 3.42. The van der Waals surface area contributed by atoms with Crippen LogP contribution in [0, 0.1) is 5.82 Å². The molecule has 1 heterocycles. The Hall–Kier alpha value is -2.80. The number of carbonyl (C=O) groups is 2. The minimum Gasteiger partial charge on any atom is -0.369 e. The van der Waals surface area contributed by atoms with E-state index in [0.29, 0.717) is 13.0 Å². The van der Waals surface area contributed by atoms with E-state index in [2.05, 4.69) is 15.6 Å². The largest absolute Gasteiger partial charge is 0.369 e. The maximum Gasteiger partial charge on any atom is 0.274 e. The van der Waals surface area contributed by atoms with Crippen molar-refractivity contribution in [1.29, 1.82) is 0 Å². The van der Waals surface area contributed by atoms with Crippen molar-refractivity contribution < 1.29 is 18.7 Å². The summed E-state index contributed by atoms with van der Waals surface area (Å²) in [5.41, 5.74) is 0.647. The van der Waals surface area contributed by atoms with Crippen LogP contribution in [0.4, 0.5) is 15.8 Å². The smallest absolute Gasteiger partial charge is 0.274 e. The Morgan fingerprint density at radius 1 is 1.16 bits per heavy atom. The SMILES string of the molecule is CCOC(CC)C(=O)Nc1cc(F)ccc1NC(=O)c1ccccn1. The molecule has 0 fully saturated rings. The predicted octanol–water partition coefficient (Wildman–Crippen LogP) is 3.23. The number of hydrogen-bond donors (Lipinski definition) is 2. The van der Waals surface area contributed by atoms with E-state index >= 15 is 0 Å². The van der Waals surface area contributed by atoms with Crippen LogP contribution in [0.25, 0.3) is 0 Å². The molecule has 1 unspecified atom stereocenters. The summed E-state index contributed by atoms with van der Waals surface area (Å²) in [5.74, 6) is -1.39.